The lowest BCUT2D eigenvalue weighted by Crippen LogP contribution is -2.42. The molecule has 0 aliphatic carbocycles. The zero-order chi connectivity index (χ0) is 16.3. The lowest BCUT2D eigenvalue weighted by Gasteiger charge is -2.31. The number of carboxylic acids is 1. The van der Waals surface area contributed by atoms with E-state index in [1.54, 1.807) is 24.1 Å². The molecule has 1 aliphatic heterocycles. The predicted molar refractivity (Wildman–Crippen MR) is 80.5 cm³/mol. The van der Waals surface area contributed by atoms with Crippen LogP contribution in [0.25, 0.3) is 0 Å². The normalized spacial score (nSPS) is 18.0. The number of likely N-dealkylation sites (tertiary alicyclic amines) is 1. The molecule has 2 rings (SSSR count). The monoisotopic (exact) mass is 307 g/mol. The van der Waals surface area contributed by atoms with E-state index in [1.807, 2.05) is 6.92 Å². The fourth-order valence-corrected chi connectivity index (χ4v) is 2.74. The van der Waals surface area contributed by atoms with Crippen LogP contribution in [0.1, 0.15) is 28.8 Å². The highest BCUT2D eigenvalue weighted by atomic mass is 16.5. The molecule has 0 radical (unpaired) electrons. The fraction of sp³-hybridized carbons (Fsp3) is 0.500. The Morgan fingerprint density at radius 2 is 1.86 bits per heavy atom. The molecular formula is C16H21NO5. The molecule has 1 aromatic carbocycles. The highest BCUT2D eigenvalue weighted by Crippen LogP contribution is 2.31. The minimum absolute atomic E-state index is 0.163. The number of amides is 1. The summed E-state index contributed by atoms with van der Waals surface area (Å²) in [5.74, 6) is -0.439. The van der Waals surface area contributed by atoms with Gasteiger partial charge in [-0.2, -0.15) is 0 Å². The predicted octanol–water partition coefficient (Wildman–Crippen LogP) is 1.95. The van der Waals surface area contributed by atoms with E-state index in [2.05, 4.69) is 0 Å². The van der Waals surface area contributed by atoms with Gasteiger partial charge in [-0.3, -0.25) is 9.59 Å². The molecule has 0 saturated carbocycles. The van der Waals surface area contributed by atoms with E-state index in [0.717, 1.165) is 5.56 Å². The van der Waals surface area contributed by atoms with Gasteiger partial charge in [-0.05, 0) is 37.5 Å². The zero-order valence-electron chi connectivity index (χ0n) is 13.1. The highest BCUT2D eigenvalue weighted by Gasteiger charge is 2.29. The van der Waals surface area contributed by atoms with E-state index in [-0.39, 0.29) is 12.5 Å². The molecule has 6 nitrogen and oxygen atoms in total. The van der Waals surface area contributed by atoms with Gasteiger partial charge in [0.15, 0.2) is 11.5 Å². The third-order valence-electron chi connectivity index (χ3n) is 4.02. The van der Waals surface area contributed by atoms with Crippen molar-refractivity contribution in [2.24, 2.45) is 5.92 Å². The standard InChI is InChI=1S/C16H21NO5/c1-10-7-13(21-2)14(22-3)8-12(10)15(18)17-6-4-5-11(9-17)16(19)20/h7-8,11H,4-6,9H2,1-3H3,(H,19,20). The lowest BCUT2D eigenvalue weighted by molar-refractivity contribution is -0.143. The molecule has 120 valence electrons. The molecule has 0 spiro atoms. The van der Waals surface area contributed by atoms with E-state index in [4.69, 9.17) is 14.6 Å². The lowest BCUT2D eigenvalue weighted by atomic mass is 9.97. The molecule has 1 N–H and O–H groups in total. The highest BCUT2D eigenvalue weighted by molar-refractivity contribution is 5.96. The topological polar surface area (TPSA) is 76.1 Å². The number of benzene rings is 1. The van der Waals surface area contributed by atoms with Gasteiger partial charge in [0.2, 0.25) is 0 Å². The molecule has 1 aliphatic rings. The third-order valence-corrected chi connectivity index (χ3v) is 4.02. The number of nitrogens with zero attached hydrogens (tertiary/aromatic N) is 1. The maximum absolute atomic E-state index is 12.7. The molecule has 1 aromatic rings. The number of aryl methyl sites for hydroxylation is 1. The number of rotatable bonds is 4. The number of aliphatic carboxylic acids is 1. The van der Waals surface area contributed by atoms with Crippen LogP contribution in [0.5, 0.6) is 11.5 Å². The number of carboxylic acid groups (broad SMARTS) is 1. The second kappa shape index (κ2) is 6.68. The van der Waals surface area contributed by atoms with Crippen molar-refractivity contribution in [2.45, 2.75) is 19.8 Å². The second-order valence-corrected chi connectivity index (χ2v) is 5.45. The average Bonchev–Trinajstić information content (AvgIpc) is 2.53. The van der Waals surface area contributed by atoms with Gasteiger partial charge in [-0.15, -0.1) is 0 Å². The van der Waals surface area contributed by atoms with Crippen molar-refractivity contribution in [1.29, 1.82) is 0 Å². The van der Waals surface area contributed by atoms with Gasteiger partial charge in [0, 0.05) is 18.7 Å². The Morgan fingerprint density at radius 3 is 2.45 bits per heavy atom. The van der Waals surface area contributed by atoms with Crippen LogP contribution in [0.2, 0.25) is 0 Å². The Kier molecular flexibility index (Phi) is 4.90. The van der Waals surface area contributed by atoms with Crippen molar-refractivity contribution in [2.75, 3.05) is 27.3 Å². The SMILES string of the molecule is COc1cc(C)c(C(=O)N2CCCC(C(=O)O)C2)cc1OC. The van der Waals surface area contributed by atoms with Crippen molar-refractivity contribution in [1.82, 2.24) is 4.90 Å². The van der Waals surface area contributed by atoms with Gasteiger partial charge in [0.25, 0.3) is 5.91 Å². The van der Waals surface area contributed by atoms with Crippen molar-refractivity contribution >= 4 is 11.9 Å². The maximum atomic E-state index is 12.7. The molecule has 6 heteroatoms. The number of hydrogen-bond donors (Lipinski definition) is 1. The third kappa shape index (κ3) is 3.16. The maximum Gasteiger partial charge on any atom is 0.308 e. The van der Waals surface area contributed by atoms with Crippen molar-refractivity contribution in [3.8, 4) is 11.5 Å². The van der Waals surface area contributed by atoms with Crippen LogP contribution >= 0.6 is 0 Å². The van der Waals surface area contributed by atoms with Crippen molar-refractivity contribution in [3.63, 3.8) is 0 Å². The molecular weight excluding hydrogens is 286 g/mol. The fourth-order valence-electron chi connectivity index (χ4n) is 2.74. The Bertz CT molecular complexity index is 584. The Balaban J connectivity index is 2.27. The van der Waals surface area contributed by atoms with Crippen LogP contribution in [-0.4, -0.2) is 49.2 Å². The summed E-state index contributed by atoms with van der Waals surface area (Å²) >= 11 is 0. The van der Waals surface area contributed by atoms with E-state index >= 15 is 0 Å². The van der Waals surface area contributed by atoms with Gasteiger partial charge in [0.05, 0.1) is 20.1 Å². The molecule has 1 fully saturated rings. The summed E-state index contributed by atoms with van der Waals surface area (Å²) in [5, 5.41) is 9.14. The molecule has 1 heterocycles. The number of ether oxygens (including phenoxy) is 2. The summed E-state index contributed by atoms with van der Waals surface area (Å²) in [6, 6.07) is 3.41. The summed E-state index contributed by atoms with van der Waals surface area (Å²) in [6.45, 7) is 2.66. The summed E-state index contributed by atoms with van der Waals surface area (Å²) in [6.07, 6.45) is 1.32. The number of piperidine rings is 1. The first-order chi connectivity index (χ1) is 10.5. The largest absolute Gasteiger partial charge is 0.493 e. The number of carbonyl (C=O) groups excluding carboxylic acids is 1. The first-order valence-electron chi connectivity index (χ1n) is 7.22. The first-order valence-corrected chi connectivity index (χ1v) is 7.22. The minimum Gasteiger partial charge on any atom is -0.493 e. The summed E-state index contributed by atoms with van der Waals surface area (Å²) in [7, 11) is 3.06. The second-order valence-electron chi connectivity index (χ2n) is 5.45. The van der Waals surface area contributed by atoms with E-state index in [0.29, 0.717) is 36.4 Å². The van der Waals surface area contributed by atoms with Crippen LogP contribution < -0.4 is 9.47 Å². The molecule has 1 atom stereocenters. The van der Waals surface area contributed by atoms with Gasteiger partial charge in [0.1, 0.15) is 0 Å². The Morgan fingerprint density at radius 1 is 1.23 bits per heavy atom. The van der Waals surface area contributed by atoms with Crippen LogP contribution in [0, 0.1) is 12.8 Å². The average molecular weight is 307 g/mol. The van der Waals surface area contributed by atoms with Crippen molar-refractivity contribution < 1.29 is 24.2 Å². The van der Waals surface area contributed by atoms with E-state index in [1.165, 1.54) is 7.11 Å². The number of hydrogen-bond acceptors (Lipinski definition) is 4. The summed E-state index contributed by atoms with van der Waals surface area (Å²) < 4.78 is 10.5. The van der Waals surface area contributed by atoms with Crippen LogP contribution in [0.4, 0.5) is 0 Å². The molecule has 1 amide bonds. The Labute approximate surface area is 129 Å². The molecule has 22 heavy (non-hydrogen) atoms. The van der Waals surface area contributed by atoms with Gasteiger partial charge in [-0.1, -0.05) is 0 Å². The molecule has 1 saturated heterocycles. The van der Waals surface area contributed by atoms with Crippen LogP contribution in [0.15, 0.2) is 12.1 Å². The van der Waals surface area contributed by atoms with Gasteiger partial charge < -0.3 is 19.5 Å². The van der Waals surface area contributed by atoms with Gasteiger partial charge in [-0.25, -0.2) is 0 Å². The minimum atomic E-state index is -0.846. The zero-order valence-corrected chi connectivity index (χ0v) is 13.1. The van der Waals surface area contributed by atoms with Crippen LogP contribution in [0.3, 0.4) is 0 Å². The quantitative estimate of drug-likeness (QED) is 0.920. The molecule has 0 bridgehead atoms. The summed E-state index contributed by atoms with van der Waals surface area (Å²) in [5.41, 5.74) is 1.30. The number of methoxy groups -OCH3 is 2. The first kappa shape index (κ1) is 16.1. The van der Waals surface area contributed by atoms with Crippen molar-refractivity contribution in [3.05, 3.63) is 23.3 Å². The molecule has 1 unspecified atom stereocenters. The van der Waals surface area contributed by atoms with Crippen LogP contribution in [-0.2, 0) is 4.79 Å². The Hall–Kier alpha value is -2.24. The van der Waals surface area contributed by atoms with E-state index < -0.39 is 11.9 Å². The summed E-state index contributed by atoms with van der Waals surface area (Å²) in [4.78, 5) is 25.4. The smallest absolute Gasteiger partial charge is 0.308 e. The number of carbonyl (C=O) groups is 2. The molecule has 0 aromatic heterocycles. The van der Waals surface area contributed by atoms with E-state index in [9.17, 15) is 9.59 Å². The van der Waals surface area contributed by atoms with Gasteiger partial charge >= 0.3 is 5.97 Å².